The highest BCUT2D eigenvalue weighted by molar-refractivity contribution is 9.10. The van der Waals surface area contributed by atoms with E-state index in [1.165, 1.54) is 37.9 Å². The van der Waals surface area contributed by atoms with E-state index in [9.17, 15) is 0 Å². The zero-order valence-electron chi connectivity index (χ0n) is 11.5. The smallest absolute Gasteiger partial charge is 0.0219 e. The molecule has 0 bridgehead atoms. The van der Waals surface area contributed by atoms with E-state index in [0.717, 1.165) is 0 Å². The van der Waals surface area contributed by atoms with Gasteiger partial charge in [-0.2, -0.15) is 0 Å². The van der Waals surface area contributed by atoms with Crippen LogP contribution in [-0.2, 0) is 0 Å². The van der Waals surface area contributed by atoms with Crippen LogP contribution in [0.25, 0.3) is 11.6 Å². The molecule has 19 heavy (non-hydrogen) atoms. The second-order valence-electron chi connectivity index (χ2n) is 5.31. The van der Waals surface area contributed by atoms with Crippen molar-refractivity contribution in [2.45, 2.75) is 26.7 Å². The molecule has 96 valence electrons. The maximum atomic E-state index is 3.69. The first kappa shape index (κ1) is 12.7. The Morgan fingerprint density at radius 2 is 1.74 bits per heavy atom. The van der Waals surface area contributed by atoms with Crippen LogP contribution >= 0.6 is 15.9 Å². The number of rotatable bonds is 1. The quantitative estimate of drug-likeness (QED) is 0.631. The molecule has 0 fully saturated rings. The van der Waals surface area contributed by atoms with Crippen LogP contribution in [0.3, 0.4) is 0 Å². The van der Waals surface area contributed by atoms with E-state index in [0.29, 0.717) is 5.92 Å². The first-order valence-corrected chi connectivity index (χ1v) is 7.45. The lowest BCUT2D eigenvalue weighted by atomic mass is 9.89. The Kier molecular flexibility index (Phi) is 3.10. The highest BCUT2D eigenvalue weighted by Crippen LogP contribution is 2.45. The third-order valence-corrected chi connectivity index (χ3v) is 4.90. The predicted molar refractivity (Wildman–Crippen MR) is 86.3 cm³/mol. The minimum atomic E-state index is 0.450. The van der Waals surface area contributed by atoms with Gasteiger partial charge in [0, 0.05) is 10.4 Å². The number of hydrogen-bond donors (Lipinski definition) is 0. The van der Waals surface area contributed by atoms with Gasteiger partial charge in [-0.1, -0.05) is 59.3 Å². The van der Waals surface area contributed by atoms with Crippen LogP contribution in [0.2, 0.25) is 0 Å². The summed E-state index contributed by atoms with van der Waals surface area (Å²) in [5.41, 5.74) is 8.33. The maximum absolute atomic E-state index is 3.69. The van der Waals surface area contributed by atoms with Gasteiger partial charge in [-0.25, -0.2) is 0 Å². The van der Waals surface area contributed by atoms with Gasteiger partial charge in [0.15, 0.2) is 0 Å². The van der Waals surface area contributed by atoms with Gasteiger partial charge in [0.25, 0.3) is 0 Å². The van der Waals surface area contributed by atoms with Crippen molar-refractivity contribution in [2.75, 3.05) is 0 Å². The van der Waals surface area contributed by atoms with Gasteiger partial charge in [-0.15, -0.1) is 0 Å². The Morgan fingerprint density at radius 1 is 1.00 bits per heavy atom. The molecule has 0 spiro atoms. The van der Waals surface area contributed by atoms with Gasteiger partial charge in [0.05, 0.1) is 0 Å². The fraction of sp³-hybridized carbons (Fsp3) is 0.222. The molecule has 2 aromatic carbocycles. The molecular weight excluding hydrogens is 296 g/mol. The molecular formula is C18H17Br. The highest BCUT2D eigenvalue weighted by Gasteiger charge is 2.25. The lowest BCUT2D eigenvalue weighted by molar-refractivity contribution is 0.997. The molecule has 2 aromatic rings. The van der Waals surface area contributed by atoms with E-state index in [2.05, 4.69) is 79.2 Å². The maximum Gasteiger partial charge on any atom is 0.0219 e. The van der Waals surface area contributed by atoms with Gasteiger partial charge >= 0.3 is 0 Å². The van der Waals surface area contributed by atoms with Gasteiger partial charge in [-0.3, -0.25) is 0 Å². The van der Waals surface area contributed by atoms with Crippen LogP contribution in [0, 0.1) is 13.8 Å². The summed E-state index contributed by atoms with van der Waals surface area (Å²) in [5, 5.41) is 0. The molecule has 0 N–H and O–H groups in total. The normalized spacial score (nSPS) is 17.3. The van der Waals surface area contributed by atoms with Crippen molar-refractivity contribution in [3.63, 3.8) is 0 Å². The Labute approximate surface area is 123 Å². The van der Waals surface area contributed by atoms with Crippen LogP contribution in [0.5, 0.6) is 0 Å². The van der Waals surface area contributed by atoms with Crippen molar-refractivity contribution in [3.8, 4) is 0 Å². The molecule has 0 heterocycles. The second-order valence-corrected chi connectivity index (χ2v) is 6.17. The van der Waals surface area contributed by atoms with Gasteiger partial charge in [0.1, 0.15) is 0 Å². The van der Waals surface area contributed by atoms with Gasteiger partial charge in [-0.05, 0) is 53.3 Å². The zero-order valence-corrected chi connectivity index (χ0v) is 13.1. The van der Waals surface area contributed by atoms with Crippen LogP contribution in [0.1, 0.15) is 40.7 Å². The van der Waals surface area contributed by atoms with Crippen molar-refractivity contribution in [3.05, 3.63) is 68.7 Å². The average Bonchev–Trinajstić information content (AvgIpc) is 2.72. The number of aryl methyl sites for hydroxylation is 1. The zero-order chi connectivity index (χ0) is 13.6. The number of allylic oxidation sites excluding steroid dienone is 1. The lowest BCUT2D eigenvalue weighted by Gasteiger charge is -2.16. The topological polar surface area (TPSA) is 0 Å². The van der Waals surface area contributed by atoms with Gasteiger partial charge < -0.3 is 0 Å². The van der Waals surface area contributed by atoms with Crippen molar-refractivity contribution in [2.24, 2.45) is 0 Å². The first-order chi connectivity index (χ1) is 9.09. The summed E-state index contributed by atoms with van der Waals surface area (Å²) in [7, 11) is 0. The van der Waals surface area contributed by atoms with Crippen LogP contribution in [0.4, 0.5) is 0 Å². The SMILES string of the molecule is Cc1cccc(C2=Cc3cccc(Br)c3C2C)c1C. The molecule has 1 aliphatic carbocycles. The molecule has 0 nitrogen and oxygen atoms in total. The summed E-state index contributed by atoms with van der Waals surface area (Å²) in [6, 6.07) is 13.0. The second kappa shape index (κ2) is 4.64. The predicted octanol–water partition coefficient (Wildman–Crippen LogP) is 5.72. The van der Waals surface area contributed by atoms with E-state index < -0.39 is 0 Å². The summed E-state index contributed by atoms with van der Waals surface area (Å²) >= 11 is 3.69. The van der Waals surface area contributed by atoms with Crippen LogP contribution in [0.15, 0.2) is 40.9 Å². The highest BCUT2D eigenvalue weighted by atomic mass is 79.9. The van der Waals surface area contributed by atoms with Crippen molar-refractivity contribution >= 4 is 27.6 Å². The number of halogens is 1. The third kappa shape index (κ3) is 1.97. The lowest BCUT2D eigenvalue weighted by Crippen LogP contribution is -1.97. The summed E-state index contributed by atoms with van der Waals surface area (Å²) in [6.07, 6.45) is 2.34. The van der Waals surface area contributed by atoms with E-state index >= 15 is 0 Å². The van der Waals surface area contributed by atoms with E-state index in [-0.39, 0.29) is 0 Å². The Hall–Kier alpha value is -1.34. The molecule has 0 amide bonds. The first-order valence-electron chi connectivity index (χ1n) is 6.66. The third-order valence-electron chi connectivity index (χ3n) is 4.21. The minimum absolute atomic E-state index is 0.450. The summed E-state index contributed by atoms with van der Waals surface area (Å²) in [6.45, 7) is 6.70. The Bertz CT molecular complexity index is 680. The Balaban J connectivity index is 2.15. The van der Waals surface area contributed by atoms with Crippen LogP contribution in [-0.4, -0.2) is 0 Å². The average molecular weight is 313 g/mol. The molecule has 1 atom stereocenters. The minimum Gasteiger partial charge on any atom is -0.0614 e. The number of hydrogen-bond acceptors (Lipinski definition) is 0. The summed E-state index contributed by atoms with van der Waals surface area (Å²) in [5.74, 6) is 0.450. The fourth-order valence-corrected chi connectivity index (χ4v) is 3.68. The van der Waals surface area contributed by atoms with Crippen molar-refractivity contribution in [1.82, 2.24) is 0 Å². The molecule has 1 aliphatic rings. The molecule has 0 saturated carbocycles. The largest absolute Gasteiger partial charge is 0.0614 e. The monoisotopic (exact) mass is 312 g/mol. The molecule has 0 aliphatic heterocycles. The van der Waals surface area contributed by atoms with Crippen molar-refractivity contribution in [1.29, 1.82) is 0 Å². The number of fused-ring (bicyclic) bond motifs is 1. The molecule has 0 saturated heterocycles. The Morgan fingerprint density at radius 3 is 2.47 bits per heavy atom. The van der Waals surface area contributed by atoms with E-state index in [1.54, 1.807) is 0 Å². The summed E-state index contributed by atoms with van der Waals surface area (Å²) < 4.78 is 1.22. The summed E-state index contributed by atoms with van der Waals surface area (Å²) in [4.78, 5) is 0. The molecule has 1 heteroatoms. The fourth-order valence-electron chi connectivity index (χ4n) is 2.96. The number of benzene rings is 2. The standard InChI is InChI=1S/C18H17Br/c1-11-6-4-8-15(12(11)2)16-10-14-7-5-9-17(19)18(14)13(16)3/h4-10,13H,1-3H3. The molecule has 0 aromatic heterocycles. The van der Waals surface area contributed by atoms with Crippen LogP contribution < -0.4 is 0 Å². The molecule has 0 radical (unpaired) electrons. The molecule has 1 unspecified atom stereocenters. The molecule has 3 rings (SSSR count). The van der Waals surface area contributed by atoms with E-state index in [4.69, 9.17) is 0 Å². The van der Waals surface area contributed by atoms with Crippen molar-refractivity contribution < 1.29 is 0 Å². The van der Waals surface area contributed by atoms with Gasteiger partial charge in [0.2, 0.25) is 0 Å². The van der Waals surface area contributed by atoms with E-state index in [1.807, 2.05) is 0 Å².